The van der Waals surface area contributed by atoms with Crippen LogP contribution in [0.25, 0.3) is 0 Å². The van der Waals surface area contributed by atoms with Crippen LogP contribution in [-0.2, 0) is 4.79 Å². The molecule has 2 rings (SSSR count). The highest BCUT2D eigenvalue weighted by Crippen LogP contribution is 2.39. The van der Waals surface area contributed by atoms with Gasteiger partial charge in [-0.15, -0.1) is 0 Å². The SMILES string of the molecule is CC(CC(=O)NC(C)(CO)C1CC1)c1cccc(F)c1. The molecule has 0 aromatic heterocycles. The van der Waals surface area contributed by atoms with Crippen molar-refractivity contribution in [3.63, 3.8) is 0 Å². The quantitative estimate of drug-likeness (QED) is 0.841. The second kappa shape index (κ2) is 5.92. The molecule has 2 unspecified atom stereocenters. The number of rotatable bonds is 6. The Morgan fingerprint density at radius 1 is 1.55 bits per heavy atom. The van der Waals surface area contributed by atoms with Crippen LogP contribution in [0.2, 0.25) is 0 Å². The molecule has 1 aromatic rings. The molecule has 0 radical (unpaired) electrons. The van der Waals surface area contributed by atoms with Gasteiger partial charge in [0.1, 0.15) is 5.82 Å². The fraction of sp³-hybridized carbons (Fsp3) is 0.562. The third-order valence-electron chi connectivity index (χ3n) is 4.14. The van der Waals surface area contributed by atoms with E-state index in [-0.39, 0.29) is 24.2 Å². The van der Waals surface area contributed by atoms with Crippen molar-refractivity contribution in [1.29, 1.82) is 0 Å². The molecule has 20 heavy (non-hydrogen) atoms. The van der Waals surface area contributed by atoms with E-state index in [1.54, 1.807) is 6.07 Å². The molecule has 2 atom stereocenters. The maximum absolute atomic E-state index is 13.2. The third-order valence-corrected chi connectivity index (χ3v) is 4.14. The minimum absolute atomic E-state index is 0.0439. The molecule has 0 spiro atoms. The van der Waals surface area contributed by atoms with Crippen LogP contribution in [0.3, 0.4) is 0 Å². The molecule has 1 aliphatic carbocycles. The first-order chi connectivity index (χ1) is 9.44. The van der Waals surface area contributed by atoms with Crippen molar-refractivity contribution < 1.29 is 14.3 Å². The Balaban J connectivity index is 1.94. The number of benzene rings is 1. The number of aliphatic hydroxyl groups excluding tert-OH is 1. The molecule has 0 aliphatic heterocycles. The largest absolute Gasteiger partial charge is 0.394 e. The molecule has 110 valence electrons. The molecule has 0 bridgehead atoms. The number of amides is 1. The van der Waals surface area contributed by atoms with Crippen molar-refractivity contribution in [2.24, 2.45) is 5.92 Å². The summed E-state index contributed by atoms with van der Waals surface area (Å²) in [5, 5.41) is 12.4. The highest BCUT2D eigenvalue weighted by molar-refractivity contribution is 5.77. The van der Waals surface area contributed by atoms with Crippen molar-refractivity contribution in [3.05, 3.63) is 35.6 Å². The highest BCUT2D eigenvalue weighted by atomic mass is 19.1. The summed E-state index contributed by atoms with van der Waals surface area (Å²) in [4.78, 5) is 12.1. The molecule has 2 N–H and O–H groups in total. The van der Waals surface area contributed by atoms with Gasteiger partial charge in [-0.1, -0.05) is 19.1 Å². The number of carbonyl (C=O) groups excluding carboxylic acids is 1. The van der Waals surface area contributed by atoms with Crippen LogP contribution in [0.5, 0.6) is 0 Å². The lowest BCUT2D eigenvalue weighted by atomic mass is 9.94. The van der Waals surface area contributed by atoms with E-state index >= 15 is 0 Å². The summed E-state index contributed by atoms with van der Waals surface area (Å²) in [7, 11) is 0. The van der Waals surface area contributed by atoms with Gasteiger partial charge in [-0.2, -0.15) is 0 Å². The molecule has 0 heterocycles. The number of carbonyl (C=O) groups is 1. The first-order valence-corrected chi connectivity index (χ1v) is 7.12. The van der Waals surface area contributed by atoms with Gasteiger partial charge in [0, 0.05) is 6.42 Å². The van der Waals surface area contributed by atoms with Crippen LogP contribution in [0.1, 0.15) is 44.6 Å². The fourth-order valence-corrected chi connectivity index (χ4v) is 2.57. The molecule has 1 aromatic carbocycles. The van der Waals surface area contributed by atoms with Crippen LogP contribution in [-0.4, -0.2) is 23.2 Å². The average molecular weight is 279 g/mol. The lowest BCUT2D eigenvalue weighted by Crippen LogP contribution is -2.50. The van der Waals surface area contributed by atoms with Crippen molar-refractivity contribution in [1.82, 2.24) is 5.32 Å². The predicted molar refractivity (Wildman–Crippen MR) is 75.8 cm³/mol. The molecular formula is C16H22FNO2. The van der Waals surface area contributed by atoms with E-state index in [4.69, 9.17) is 0 Å². The van der Waals surface area contributed by atoms with Crippen LogP contribution >= 0.6 is 0 Å². The lowest BCUT2D eigenvalue weighted by Gasteiger charge is -2.29. The van der Waals surface area contributed by atoms with E-state index < -0.39 is 5.54 Å². The normalized spacial score (nSPS) is 19.2. The Bertz CT molecular complexity index is 487. The summed E-state index contributed by atoms with van der Waals surface area (Å²) in [6, 6.07) is 6.34. The Kier molecular flexibility index (Phi) is 4.43. The van der Waals surface area contributed by atoms with Gasteiger partial charge in [-0.05, 0) is 49.3 Å². The molecule has 1 amide bonds. The van der Waals surface area contributed by atoms with E-state index in [1.165, 1.54) is 12.1 Å². The minimum Gasteiger partial charge on any atom is -0.394 e. The van der Waals surface area contributed by atoms with Crippen molar-refractivity contribution in [3.8, 4) is 0 Å². The maximum Gasteiger partial charge on any atom is 0.221 e. The van der Waals surface area contributed by atoms with Gasteiger partial charge in [0.2, 0.25) is 5.91 Å². The van der Waals surface area contributed by atoms with Gasteiger partial charge >= 0.3 is 0 Å². The summed E-state index contributed by atoms with van der Waals surface area (Å²) >= 11 is 0. The van der Waals surface area contributed by atoms with Crippen LogP contribution in [0.15, 0.2) is 24.3 Å². The molecule has 1 aliphatic rings. The molecule has 4 heteroatoms. The van der Waals surface area contributed by atoms with E-state index in [9.17, 15) is 14.3 Å². The molecule has 1 saturated carbocycles. The molecule has 3 nitrogen and oxygen atoms in total. The number of halogens is 1. The van der Waals surface area contributed by atoms with E-state index in [2.05, 4.69) is 5.32 Å². The van der Waals surface area contributed by atoms with Gasteiger partial charge in [-0.25, -0.2) is 4.39 Å². The van der Waals surface area contributed by atoms with Crippen LogP contribution < -0.4 is 5.32 Å². The Morgan fingerprint density at radius 3 is 2.80 bits per heavy atom. The standard InChI is InChI=1S/C16H22FNO2/c1-11(12-4-3-5-14(17)9-12)8-15(20)18-16(2,10-19)13-6-7-13/h3-5,9,11,13,19H,6-8,10H2,1-2H3,(H,18,20). The van der Waals surface area contributed by atoms with E-state index in [1.807, 2.05) is 19.9 Å². The topological polar surface area (TPSA) is 49.3 Å². The zero-order valence-corrected chi connectivity index (χ0v) is 12.0. The predicted octanol–water partition coefficient (Wildman–Crippen LogP) is 2.60. The average Bonchev–Trinajstić information content (AvgIpc) is 3.23. The first kappa shape index (κ1) is 15.0. The summed E-state index contributed by atoms with van der Waals surface area (Å²) in [6.45, 7) is 3.74. The van der Waals surface area contributed by atoms with Crippen molar-refractivity contribution >= 4 is 5.91 Å². The second-order valence-electron chi connectivity index (χ2n) is 6.06. The second-order valence-corrected chi connectivity index (χ2v) is 6.06. The molecule has 1 fully saturated rings. The maximum atomic E-state index is 13.2. The number of aliphatic hydroxyl groups is 1. The van der Waals surface area contributed by atoms with Gasteiger partial charge < -0.3 is 10.4 Å². The highest BCUT2D eigenvalue weighted by Gasteiger charge is 2.42. The summed E-state index contributed by atoms with van der Waals surface area (Å²) in [5.74, 6) is -0.0491. The van der Waals surface area contributed by atoms with Crippen molar-refractivity contribution in [2.45, 2.75) is 44.6 Å². The Hall–Kier alpha value is -1.42. The zero-order valence-electron chi connectivity index (χ0n) is 12.0. The van der Waals surface area contributed by atoms with Gasteiger partial charge in [0.05, 0.1) is 12.1 Å². The smallest absolute Gasteiger partial charge is 0.221 e. The van der Waals surface area contributed by atoms with Crippen molar-refractivity contribution in [2.75, 3.05) is 6.61 Å². The summed E-state index contributed by atoms with van der Waals surface area (Å²) in [5.41, 5.74) is 0.302. The fourth-order valence-electron chi connectivity index (χ4n) is 2.57. The minimum atomic E-state index is -0.515. The van der Waals surface area contributed by atoms with E-state index in [0.717, 1.165) is 18.4 Å². The number of hydrogen-bond donors (Lipinski definition) is 2. The summed E-state index contributed by atoms with van der Waals surface area (Å²) in [6.07, 6.45) is 2.40. The van der Waals surface area contributed by atoms with Gasteiger partial charge in [0.25, 0.3) is 0 Å². The van der Waals surface area contributed by atoms with Crippen LogP contribution in [0, 0.1) is 11.7 Å². The van der Waals surface area contributed by atoms with Gasteiger partial charge in [-0.3, -0.25) is 4.79 Å². The van der Waals surface area contributed by atoms with Gasteiger partial charge in [0.15, 0.2) is 0 Å². The summed E-state index contributed by atoms with van der Waals surface area (Å²) < 4.78 is 13.2. The third kappa shape index (κ3) is 3.57. The molecule has 0 saturated heterocycles. The lowest BCUT2D eigenvalue weighted by molar-refractivity contribution is -0.124. The number of hydrogen-bond acceptors (Lipinski definition) is 2. The Labute approximate surface area is 119 Å². The monoisotopic (exact) mass is 279 g/mol. The van der Waals surface area contributed by atoms with E-state index in [0.29, 0.717) is 12.3 Å². The first-order valence-electron chi connectivity index (χ1n) is 7.12. The zero-order chi connectivity index (χ0) is 14.8. The Morgan fingerprint density at radius 2 is 2.25 bits per heavy atom. The molecular weight excluding hydrogens is 257 g/mol. The van der Waals surface area contributed by atoms with Crippen LogP contribution in [0.4, 0.5) is 4.39 Å². The number of nitrogens with one attached hydrogen (secondary N) is 1.